The van der Waals surface area contributed by atoms with Gasteiger partial charge in [-0.05, 0) is 25.2 Å². The number of rotatable bonds is 4. The second kappa shape index (κ2) is 7.53. The van der Waals surface area contributed by atoms with Crippen LogP contribution in [0.2, 0.25) is 0 Å². The molecule has 4 nitrogen and oxygen atoms in total. The summed E-state index contributed by atoms with van der Waals surface area (Å²) in [6, 6.07) is 0.758. The van der Waals surface area contributed by atoms with Gasteiger partial charge in [-0.1, -0.05) is 13.8 Å². The molecule has 2 rings (SSSR count). The molecule has 18 heavy (non-hydrogen) atoms. The summed E-state index contributed by atoms with van der Waals surface area (Å²) in [5, 5.41) is 3.07. The number of carbonyl (C=O) groups excluding carboxylic acids is 1. The smallest absolute Gasteiger partial charge is 0.237 e. The maximum atomic E-state index is 11.8. The van der Waals surface area contributed by atoms with Gasteiger partial charge in [0.25, 0.3) is 0 Å². The van der Waals surface area contributed by atoms with E-state index < -0.39 is 0 Å². The Labute approximate surface area is 122 Å². The van der Waals surface area contributed by atoms with Gasteiger partial charge in [-0.25, -0.2) is 0 Å². The average Bonchev–Trinajstić information content (AvgIpc) is 2.99. The highest BCUT2D eigenvalue weighted by atomic mass is 35.5. The minimum absolute atomic E-state index is 0. The number of hydrogen-bond donors (Lipinski definition) is 2. The highest BCUT2D eigenvalue weighted by Crippen LogP contribution is 2.29. The second-order valence-electron chi connectivity index (χ2n) is 5.49. The van der Waals surface area contributed by atoms with Crippen LogP contribution in [0.15, 0.2) is 0 Å². The quantitative estimate of drug-likeness (QED) is 0.819. The number of nitrogens with zero attached hydrogens (tertiary/aromatic N) is 1. The Hall–Kier alpha value is -0.0300. The number of nitrogens with one attached hydrogen (secondary N) is 1. The lowest BCUT2D eigenvalue weighted by molar-refractivity contribution is -0.123. The molecule has 0 aromatic heterocycles. The number of carbonyl (C=O) groups is 1. The summed E-state index contributed by atoms with van der Waals surface area (Å²) in [7, 11) is 0. The molecule has 1 saturated heterocycles. The molecule has 1 saturated carbocycles. The lowest BCUT2D eigenvalue weighted by Gasteiger charge is -2.19. The summed E-state index contributed by atoms with van der Waals surface area (Å²) in [6.45, 7) is 6.11. The lowest BCUT2D eigenvalue weighted by Crippen LogP contribution is -2.48. The van der Waals surface area contributed by atoms with Crippen LogP contribution >= 0.6 is 24.8 Å². The van der Waals surface area contributed by atoms with Crippen molar-refractivity contribution in [2.24, 2.45) is 11.7 Å². The highest BCUT2D eigenvalue weighted by molar-refractivity contribution is 5.85. The minimum Gasteiger partial charge on any atom is -0.351 e. The zero-order valence-corrected chi connectivity index (χ0v) is 12.7. The van der Waals surface area contributed by atoms with Gasteiger partial charge in [0.15, 0.2) is 0 Å². The van der Waals surface area contributed by atoms with Crippen molar-refractivity contribution in [2.75, 3.05) is 13.1 Å². The number of nitrogens with two attached hydrogens (primary N) is 1. The molecule has 0 spiro atoms. The number of hydrogen-bond acceptors (Lipinski definition) is 3. The summed E-state index contributed by atoms with van der Waals surface area (Å²) < 4.78 is 0. The van der Waals surface area contributed by atoms with Crippen molar-refractivity contribution in [2.45, 2.75) is 51.2 Å². The highest BCUT2D eigenvalue weighted by Gasteiger charge is 2.35. The fraction of sp³-hybridized carbons (Fsp3) is 0.917. The number of amides is 1. The Balaban J connectivity index is 0.00000144. The van der Waals surface area contributed by atoms with Gasteiger partial charge in [-0.3, -0.25) is 9.69 Å². The molecule has 1 unspecified atom stereocenters. The van der Waals surface area contributed by atoms with Crippen LogP contribution in [-0.2, 0) is 4.79 Å². The molecule has 1 aliphatic heterocycles. The standard InChI is InChI=1S/C12H23N3O.2ClH/c1-8(2)11(13)12(16)14-9-5-6-15(7-9)10-3-4-10;;/h8-11H,3-7,13H2,1-2H3,(H,14,16);2*1H/t9?,11-;;/m1../s1. The first kappa shape index (κ1) is 18.0. The summed E-state index contributed by atoms with van der Waals surface area (Å²) in [6.07, 6.45) is 3.76. The molecule has 2 atom stereocenters. The van der Waals surface area contributed by atoms with E-state index in [-0.39, 0.29) is 42.7 Å². The summed E-state index contributed by atoms with van der Waals surface area (Å²) in [5.74, 6) is 0.221. The van der Waals surface area contributed by atoms with Crippen molar-refractivity contribution in [3.8, 4) is 0 Å². The van der Waals surface area contributed by atoms with Crippen molar-refractivity contribution >= 4 is 30.7 Å². The molecule has 1 amide bonds. The van der Waals surface area contributed by atoms with Gasteiger partial charge in [0.1, 0.15) is 0 Å². The van der Waals surface area contributed by atoms with Gasteiger partial charge in [0.05, 0.1) is 6.04 Å². The van der Waals surface area contributed by atoms with E-state index in [2.05, 4.69) is 10.2 Å². The number of halogens is 2. The minimum atomic E-state index is -0.366. The molecular weight excluding hydrogens is 273 g/mol. The van der Waals surface area contributed by atoms with Crippen molar-refractivity contribution in [3.63, 3.8) is 0 Å². The third-order valence-corrected chi connectivity index (χ3v) is 3.65. The van der Waals surface area contributed by atoms with Crippen molar-refractivity contribution < 1.29 is 4.79 Å². The number of likely N-dealkylation sites (tertiary alicyclic amines) is 1. The molecule has 108 valence electrons. The van der Waals surface area contributed by atoms with E-state index in [9.17, 15) is 4.79 Å². The van der Waals surface area contributed by atoms with E-state index >= 15 is 0 Å². The monoisotopic (exact) mass is 297 g/mol. The molecule has 0 radical (unpaired) electrons. The molecule has 2 fully saturated rings. The summed E-state index contributed by atoms with van der Waals surface area (Å²) >= 11 is 0. The molecular formula is C12H25Cl2N3O. The SMILES string of the molecule is CC(C)[C@@H](N)C(=O)NC1CCN(C2CC2)C1.Cl.Cl. The van der Waals surface area contributed by atoms with Crippen molar-refractivity contribution in [3.05, 3.63) is 0 Å². The maximum absolute atomic E-state index is 11.8. The van der Waals surface area contributed by atoms with Crippen LogP contribution in [0.3, 0.4) is 0 Å². The van der Waals surface area contributed by atoms with Crippen LogP contribution in [0.4, 0.5) is 0 Å². The van der Waals surface area contributed by atoms with E-state index in [0.29, 0.717) is 6.04 Å². The molecule has 0 bridgehead atoms. The fourth-order valence-electron chi connectivity index (χ4n) is 2.28. The average molecular weight is 298 g/mol. The third-order valence-electron chi connectivity index (χ3n) is 3.65. The van der Waals surface area contributed by atoms with Crippen LogP contribution in [0, 0.1) is 5.92 Å². The molecule has 6 heteroatoms. The Morgan fingerprint density at radius 1 is 1.28 bits per heavy atom. The fourth-order valence-corrected chi connectivity index (χ4v) is 2.28. The van der Waals surface area contributed by atoms with Gasteiger partial charge in [-0.15, -0.1) is 24.8 Å². The Morgan fingerprint density at radius 2 is 1.89 bits per heavy atom. The van der Waals surface area contributed by atoms with E-state index in [1.54, 1.807) is 0 Å². The maximum Gasteiger partial charge on any atom is 0.237 e. The molecule has 2 aliphatic rings. The van der Waals surface area contributed by atoms with Crippen LogP contribution in [0.5, 0.6) is 0 Å². The first-order valence-corrected chi connectivity index (χ1v) is 6.38. The van der Waals surface area contributed by atoms with Crippen molar-refractivity contribution in [1.82, 2.24) is 10.2 Å². The second-order valence-corrected chi connectivity index (χ2v) is 5.49. The van der Waals surface area contributed by atoms with Crippen LogP contribution in [0.1, 0.15) is 33.1 Å². The van der Waals surface area contributed by atoms with Gasteiger partial charge in [0, 0.05) is 25.2 Å². The van der Waals surface area contributed by atoms with Crippen LogP contribution in [-0.4, -0.2) is 42.0 Å². The van der Waals surface area contributed by atoms with E-state index in [4.69, 9.17) is 5.73 Å². The zero-order valence-electron chi connectivity index (χ0n) is 11.1. The third kappa shape index (κ3) is 4.57. The van der Waals surface area contributed by atoms with Crippen LogP contribution < -0.4 is 11.1 Å². The molecule has 3 N–H and O–H groups in total. The van der Waals surface area contributed by atoms with Gasteiger partial charge >= 0.3 is 0 Å². The predicted molar refractivity (Wildman–Crippen MR) is 78.5 cm³/mol. The molecule has 0 aromatic rings. The van der Waals surface area contributed by atoms with E-state index in [1.165, 1.54) is 12.8 Å². The summed E-state index contributed by atoms with van der Waals surface area (Å²) in [4.78, 5) is 14.3. The van der Waals surface area contributed by atoms with E-state index in [1.807, 2.05) is 13.8 Å². The first-order valence-electron chi connectivity index (χ1n) is 6.38. The van der Waals surface area contributed by atoms with Gasteiger partial charge < -0.3 is 11.1 Å². The van der Waals surface area contributed by atoms with Crippen LogP contribution in [0.25, 0.3) is 0 Å². The van der Waals surface area contributed by atoms with E-state index in [0.717, 1.165) is 25.6 Å². The normalized spacial score (nSPS) is 25.2. The summed E-state index contributed by atoms with van der Waals surface area (Å²) in [5.41, 5.74) is 5.82. The molecule has 1 heterocycles. The zero-order chi connectivity index (χ0) is 11.7. The predicted octanol–water partition coefficient (Wildman–Crippen LogP) is 1.17. The Bertz CT molecular complexity index is 272. The first-order chi connectivity index (χ1) is 7.58. The van der Waals surface area contributed by atoms with Gasteiger partial charge in [0.2, 0.25) is 5.91 Å². The Kier molecular flexibility index (Phi) is 7.52. The van der Waals surface area contributed by atoms with Gasteiger partial charge in [-0.2, -0.15) is 0 Å². The lowest BCUT2D eigenvalue weighted by atomic mass is 10.0. The largest absolute Gasteiger partial charge is 0.351 e. The Morgan fingerprint density at radius 3 is 2.39 bits per heavy atom. The molecule has 0 aromatic carbocycles. The topological polar surface area (TPSA) is 58.4 Å². The van der Waals surface area contributed by atoms with Crippen molar-refractivity contribution in [1.29, 1.82) is 0 Å². The molecule has 1 aliphatic carbocycles.